The summed E-state index contributed by atoms with van der Waals surface area (Å²) in [6.07, 6.45) is 5.08. The Morgan fingerprint density at radius 3 is 2.76 bits per heavy atom. The molecular formula is C18H20N6O. The van der Waals surface area contributed by atoms with E-state index in [1.54, 1.807) is 12.3 Å². The van der Waals surface area contributed by atoms with Gasteiger partial charge in [-0.25, -0.2) is 15.0 Å². The molecule has 0 aliphatic heterocycles. The Kier molecular flexibility index (Phi) is 5.03. The molecule has 0 radical (unpaired) electrons. The second-order valence-electron chi connectivity index (χ2n) is 5.66. The molecule has 0 aliphatic rings. The van der Waals surface area contributed by atoms with Gasteiger partial charge in [0.25, 0.3) is 5.91 Å². The van der Waals surface area contributed by atoms with Crippen LogP contribution in [0.4, 0.5) is 5.82 Å². The number of carbonyl (C=O) groups is 1. The Morgan fingerprint density at radius 2 is 2.00 bits per heavy atom. The lowest BCUT2D eigenvalue weighted by molar-refractivity contribution is 0.0955. The summed E-state index contributed by atoms with van der Waals surface area (Å²) in [5.74, 6) is 2.22. The Hall–Kier alpha value is -3.22. The molecule has 0 saturated heterocycles. The number of anilines is 1. The van der Waals surface area contributed by atoms with Crippen LogP contribution in [0.15, 0.2) is 49.1 Å². The molecule has 1 aromatic carbocycles. The first kappa shape index (κ1) is 16.6. The van der Waals surface area contributed by atoms with Crippen LogP contribution >= 0.6 is 0 Å². The topological polar surface area (TPSA) is 84.7 Å². The van der Waals surface area contributed by atoms with Crippen LogP contribution in [0.3, 0.4) is 0 Å². The van der Waals surface area contributed by atoms with Crippen LogP contribution in [0.5, 0.6) is 0 Å². The number of carbonyl (C=O) groups excluding carboxylic acids is 1. The van der Waals surface area contributed by atoms with Gasteiger partial charge in [0.2, 0.25) is 0 Å². The van der Waals surface area contributed by atoms with E-state index in [2.05, 4.69) is 25.6 Å². The molecule has 1 amide bonds. The third-order valence-electron chi connectivity index (χ3n) is 3.72. The van der Waals surface area contributed by atoms with Gasteiger partial charge in [0.15, 0.2) is 0 Å². The van der Waals surface area contributed by atoms with E-state index in [0.29, 0.717) is 24.5 Å². The predicted molar refractivity (Wildman–Crippen MR) is 95.9 cm³/mol. The van der Waals surface area contributed by atoms with Gasteiger partial charge in [-0.1, -0.05) is 17.7 Å². The number of benzene rings is 1. The maximum absolute atomic E-state index is 12.1. The zero-order valence-electron chi connectivity index (χ0n) is 14.2. The number of nitrogens with one attached hydrogen (secondary N) is 2. The summed E-state index contributed by atoms with van der Waals surface area (Å²) in [6, 6.07) is 9.36. The molecule has 7 heteroatoms. The zero-order valence-corrected chi connectivity index (χ0v) is 14.2. The van der Waals surface area contributed by atoms with E-state index in [4.69, 9.17) is 0 Å². The van der Waals surface area contributed by atoms with Crippen molar-refractivity contribution < 1.29 is 4.79 Å². The molecule has 2 N–H and O–H groups in total. The van der Waals surface area contributed by atoms with E-state index in [0.717, 1.165) is 17.2 Å². The quantitative estimate of drug-likeness (QED) is 0.674. The molecule has 2 aromatic heterocycles. The van der Waals surface area contributed by atoms with Crippen LogP contribution in [0.25, 0.3) is 5.82 Å². The van der Waals surface area contributed by atoms with E-state index >= 15 is 0 Å². The number of imidazole rings is 1. The number of hydrogen-bond donors (Lipinski definition) is 2. The highest BCUT2D eigenvalue weighted by atomic mass is 16.1. The van der Waals surface area contributed by atoms with Gasteiger partial charge < -0.3 is 10.6 Å². The molecule has 2 heterocycles. The molecular weight excluding hydrogens is 316 g/mol. The maximum atomic E-state index is 12.1. The maximum Gasteiger partial charge on any atom is 0.251 e. The van der Waals surface area contributed by atoms with Gasteiger partial charge in [-0.15, -0.1) is 0 Å². The normalized spacial score (nSPS) is 10.5. The lowest BCUT2D eigenvalue weighted by Crippen LogP contribution is -2.28. The van der Waals surface area contributed by atoms with E-state index in [1.165, 1.54) is 6.33 Å². The van der Waals surface area contributed by atoms with Gasteiger partial charge in [-0.2, -0.15) is 0 Å². The smallest absolute Gasteiger partial charge is 0.251 e. The molecule has 25 heavy (non-hydrogen) atoms. The molecule has 3 aromatic rings. The molecule has 0 atom stereocenters. The standard InChI is InChI=1S/C18H20N6O/c1-13-4-3-5-15(10-13)18(25)21-7-6-20-16-11-17(23-12-22-16)24-9-8-19-14(24)2/h3-5,8-12H,6-7H2,1-2H3,(H,21,25)(H,20,22,23). The molecule has 0 aliphatic carbocycles. The van der Waals surface area contributed by atoms with Crippen LogP contribution in [0, 0.1) is 13.8 Å². The molecule has 3 rings (SSSR count). The lowest BCUT2D eigenvalue weighted by atomic mass is 10.1. The van der Waals surface area contributed by atoms with Crippen molar-refractivity contribution in [1.29, 1.82) is 0 Å². The van der Waals surface area contributed by atoms with Crippen molar-refractivity contribution >= 4 is 11.7 Å². The molecule has 0 unspecified atom stereocenters. The van der Waals surface area contributed by atoms with Gasteiger partial charge in [0.1, 0.15) is 23.8 Å². The van der Waals surface area contributed by atoms with Gasteiger partial charge in [0, 0.05) is 37.1 Å². The fraction of sp³-hybridized carbons (Fsp3) is 0.222. The fourth-order valence-corrected chi connectivity index (χ4v) is 2.45. The fourth-order valence-electron chi connectivity index (χ4n) is 2.45. The average molecular weight is 336 g/mol. The Bertz CT molecular complexity index is 873. The molecule has 0 saturated carbocycles. The highest BCUT2D eigenvalue weighted by molar-refractivity contribution is 5.94. The van der Waals surface area contributed by atoms with Crippen molar-refractivity contribution in [3.63, 3.8) is 0 Å². The van der Waals surface area contributed by atoms with E-state index < -0.39 is 0 Å². The van der Waals surface area contributed by atoms with Crippen molar-refractivity contribution in [1.82, 2.24) is 24.8 Å². The zero-order chi connectivity index (χ0) is 17.6. The van der Waals surface area contributed by atoms with Crippen molar-refractivity contribution in [3.05, 3.63) is 66.0 Å². The summed E-state index contributed by atoms with van der Waals surface area (Å²) < 4.78 is 1.88. The highest BCUT2D eigenvalue weighted by Gasteiger charge is 2.06. The van der Waals surface area contributed by atoms with Gasteiger partial charge in [-0.3, -0.25) is 9.36 Å². The van der Waals surface area contributed by atoms with Crippen LogP contribution in [-0.4, -0.2) is 38.5 Å². The van der Waals surface area contributed by atoms with Gasteiger partial charge >= 0.3 is 0 Å². The first-order valence-electron chi connectivity index (χ1n) is 8.04. The molecule has 128 valence electrons. The molecule has 0 spiro atoms. The Labute approximate surface area is 146 Å². The number of rotatable bonds is 6. The predicted octanol–water partition coefficient (Wildman–Crippen LogP) is 2.12. The van der Waals surface area contributed by atoms with Gasteiger partial charge in [-0.05, 0) is 26.0 Å². The van der Waals surface area contributed by atoms with E-state index in [9.17, 15) is 4.79 Å². The number of nitrogens with zero attached hydrogens (tertiary/aromatic N) is 4. The van der Waals surface area contributed by atoms with Crippen molar-refractivity contribution in [2.45, 2.75) is 13.8 Å². The average Bonchev–Trinajstić information content (AvgIpc) is 3.05. The van der Waals surface area contributed by atoms with Crippen molar-refractivity contribution in [2.24, 2.45) is 0 Å². The minimum Gasteiger partial charge on any atom is -0.368 e. The molecule has 0 fully saturated rings. The SMILES string of the molecule is Cc1cccc(C(=O)NCCNc2cc(-n3ccnc3C)ncn2)c1. The summed E-state index contributed by atoms with van der Waals surface area (Å²) >= 11 is 0. The first-order valence-corrected chi connectivity index (χ1v) is 8.04. The largest absolute Gasteiger partial charge is 0.368 e. The van der Waals surface area contributed by atoms with Crippen LogP contribution in [-0.2, 0) is 0 Å². The summed E-state index contributed by atoms with van der Waals surface area (Å²) in [7, 11) is 0. The summed E-state index contributed by atoms with van der Waals surface area (Å²) in [5, 5.41) is 6.07. The van der Waals surface area contributed by atoms with Crippen LogP contribution in [0.1, 0.15) is 21.7 Å². The Balaban J connectivity index is 1.53. The number of amides is 1. The second-order valence-corrected chi connectivity index (χ2v) is 5.66. The summed E-state index contributed by atoms with van der Waals surface area (Å²) in [5.41, 5.74) is 1.73. The Morgan fingerprint density at radius 1 is 1.12 bits per heavy atom. The number of aromatic nitrogens is 4. The minimum atomic E-state index is -0.0806. The van der Waals surface area contributed by atoms with Crippen molar-refractivity contribution in [3.8, 4) is 5.82 Å². The molecule has 0 bridgehead atoms. The third-order valence-corrected chi connectivity index (χ3v) is 3.72. The van der Waals surface area contributed by atoms with Gasteiger partial charge in [0.05, 0.1) is 0 Å². The molecule has 7 nitrogen and oxygen atoms in total. The lowest BCUT2D eigenvalue weighted by Gasteiger charge is -2.09. The highest BCUT2D eigenvalue weighted by Crippen LogP contribution is 2.10. The monoisotopic (exact) mass is 336 g/mol. The number of hydrogen-bond acceptors (Lipinski definition) is 5. The summed E-state index contributed by atoms with van der Waals surface area (Å²) in [6.45, 7) is 4.94. The van der Waals surface area contributed by atoms with Crippen molar-refractivity contribution in [2.75, 3.05) is 18.4 Å². The first-order chi connectivity index (χ1) is 12.1. The minimum absolute atomic E-state index is 0.0806. The van der Waals surface area contributed by atoms with Crippen LogP contribution < -0.4 is 10.6 Å². The summed E-state index contributed by atoms with van der Waals surface area (Å²) in [4.78, 5) is 24.7. The third kappa shape index (κ3) is 4.20. The second kappa shape index (κ2) is 7.57. The van der Waals surface area contributed by atoms with Crippen LogP contribution in [0.2, 0.25) is 0 Å². The van der Waals surface area contributed by atoms with E-state index in [1.807, 2.05) is 48.9 Å². The number of aryl methyl sites for hydroxylation is 2. The van der Waals surface area contributed by atoms with E-state index in [-0.39, 0.29) is 5.91 Å².